The van der Waals surface area contributed by atoms with Gasteiger partial charge in [-0.2, -0.15) is 0 Å². The number of benzene rings is 2. The van der Waals surface area contributed by atoms with Crippen molar-refractivity contribution in [2.24, 2.45) is 0 Å². The minimum atomic E-state index is -3.75. The van der Waals surface area contributed by atoms with Crippen LogP contribution in [0.15, 0.2) is 47.4 Å². The maximum absolute atomic E-state index is 12.8. The zero-order chi connectivity index (χ0) is 14.8. The molecular formula is C13H10BrClFNO2S. The van der Waals surface area contributed by atoms with Crippen molar-refractivity contribution in [2.75, 3.05) is 4.72 Å². The summed E-state index contributed by atoms with van der Waals surface area (Å²) in [6, 6.07) is 9.45. The van der Waals surface area contributed by atoms with E-state index in [0.29, 0.717) is 16.0 Å². The standard InChI is InChI=1S/C13H10BrClFNO2S/c14-8-9-1-4-11(7-13(9)15)17-20(18,19)12-5-2-10(16)3-6-12/h1-7,17H,8H2. The summed E-state index contributed by atoms with van der Waals surface area (Å²) in [5, 5.41) is 1.04. The van der Waals surface area contributed by atoms with Gasteiger partial charge in [-0.15, -0.1) is 0 Å². The van der Waals surface area contributed by atoms with Gasteiger partial charge in [0.15, 0.2) is 0 Å². The lowest BCUT2D eigenvalue weighted by Crippen LogP contribution is -2.13. The predicted octanol–water partition coefficient (Wildman–Crippen LogP) is 4.17. The van der Waals surface area contributed by atoms with Crippen LogP contribution in [0, 0.1) is 5.82 Å². The summed E-state index contributed by atoms with van der Waals surface area (Å²) in [4.78, 5) is -0.0143. The van der Waals surface area contributed by atoms with Gasteiger partial charge < -0.3 is 0 Å². The van der Waals surface area contributed by atoms with Gasteiger partial charge in [0, 0.05) is 10.4 Å². The largest absolute Gasteiger partial charge is 0.280 e. The maximum Gasteiger partial charge on any atom is 0.261 e. The second kappa shape index (κ2) is 6.11. The molecule has 2 aromatic rings. The minimum Gasteiger partial charge on any atom is -0.280 e. The zero-order valence-corrected chi connectivity index (χ0v) is 13.3. The van der Waals surface area contributed by atoms with E-state index in [2.05, 4.69) is 20.7 Å². The van der Waals surface area contributed by atoms with E-state index in [9.17, 15) is 12.8 Å². The van der Waals surface area contributed by atoms with Crippen molar-refractivity contribution < 1.29 is 12.8 Å². The first-order valence-corrected chi connectivity index (χ1v) is 8.53. The van der Waals surface area contributed by atoms with Crippen molar-refractivity contribution in [1.82, 2.24) is 0 Å². The van der Waals surface area contributed by atoms with E-state index in [0.717, 1.165) is 17.7 Å². The molecule has 0 aromatic heterocycles. The quantitative estimate of drug-likeness (QED) is 0.812. The van der Waals surface area contributed by atoms with Crippen molar-refractivity contribution in [3.63, 3.8) is 0 Å². The van der Waals surface area contributed by atoms with Gasteiger partial charge in [0.1, 0.15) is 5.82 Å². The van der Waals surface area contributed by atoms with Gasteiger partial charge in [-0.3, -0.25) is 4.72 Å². The van der Waals surface area contributed by atoms with E-state index < -0.39 is 15.8 Å². The Hall–Kier alpha value is -1.11. The van der Waals surface area contributed by atoms with E-state index in [-0.39, 0.29) is 4.90 Å². The molecule has 0 heterocycles. The Morgan fingerprint density at radius 2 is 1.80 bits per heavy atom. The summed E-state index contributed by atoms with van der Waals surface area (Å²) in [5.74, 6) is -0.492. The number of hydrogen-bond donors (Lipinski definition) is 1. The highest BCUT2D eigenvalue weighted by atomic mass is 79.9. The molecule has 0 spiro atoms. The van der Waals surface area contributed by atoms with Crippen LogP contribution in [0.3, 0.4) is 0 Å². The van der Waals surface area contributed by atoms with Crippen LogP contribution >= 0.6 is 27.5 Å². The minimum absolute atomic E-state index is 0.0143. The fourth-order valence-electron chi connectivity index (χ4n) is 1.55. The number of nitrogens with one attached hydrogen (secondary N) is 1. The highest BCUT2D eigenvalue weighted by molar-refractivity contribution is 9.08. The molecular weight excluding hydrogens is 369 g/mol. The van der Waals surface area contributed by atoms with Crippen LogP contribution in [0.2, 0.25) is 5.02 Å². The second-order valence-corrected chi connectivity index (χ2v) is 6.65. The lowest BCUT2D eigenvalue weighted by molar-refractivity contribution is 0.599. The van der Waals surface area contributed by atoms with Gasteiger partial charge in [0.05, 0.1) is 10.6 Å². The molecule has 0 aliphatic carbocycles. The van der Waals surface area contributed by atoms with Crippen LogP contribution in [-0.4, -0.2) is 8.42 Å². The Morgan fingerprint density at radius 3 is 2.35 bits per heavy atom. The number of rotatable bonds is 4. The summed E-state index contributed by atoms with van der Waals surface area (Å²) in [5.41, 5.74) is 1.21. The lowest BCUT2D eigenvalue weighted by atomic mass is 10.2. The molecule has 0 radical (unpaired) electrons. The fraction of sp³-hybridized carbons (Fsp3) is 0.0769. The third kappa shape index (κ3) is 3.50. The summed E-state index contributed by atoms with van der Waals surface area (Å²) >= 11 is 9.29. The van der Waals surface area contributed by atoms with Crippen LogP contribution in [-0.2, 0) is 15.4 Å². The molecule has 7 heteroatoms. The average Bonchev–Trinajstić information content (AvgIpc) is 2.39. The molecule has 20 heavy (non-hydrogen) atoms. The van der Waals surface area contributed by atoms with Gasteiger partial charge in [-0.1, -0.05) is 33.6 Å². The van der Waals surface area contributed by atoms with E-state index in [1.165, 1.54) is 18.2 Å². The first-order chi connectivity index (χ1) is 9.42. The van der Waals surface area contributed by atoms with Crippen LogP contribution in [0.5, 0.6) is 0 Å². The molecule has 0 unspecified atom stereocenters. The van der Waals surface area contributed by atoms with Gasteiger partial charge in [-0.05, 0) is 42.0 Å². The third-order valence-corrected chi connectivity index (χ3v) is 4.93. The van der Waals surface area contributed by atoms with E-state index >= 15 is 0 Å². The number of halogens is 3. The highest BCUT2D eigenvalue weighted by Crippen LogP contribution is 2.24. The molecule has 1 N–H and O–H groups in total. The molecule has 0 saturated heterocycles. The summed E-state index contributed by atoms with van der Waals surface area (Å²) in [6.45, 7) is 0. The number of sulfonamides is 1. The molecule has 0 aliphatic heterocycles. The number of hydrogen-bond acceptors (Lipinski definition) is 2. The monoisotopic (exact) mass is 377 g/mol. The maximum atomic E-state index is 12.8. The molecule has 3 nitrogen and oxygen atoms in total. The van der Waals surface area contributed by atoms with Crippen molar-refractivity contribution in [1.29, 1.82) is 0 Å². The first kappa shape index (κ1) is 15.3. The van der Waals surface area contributed by atoms with Gasteiger partial charge in [0.2, 0.25) is 0 Å². The normalized spacial score (nSPS) is 11.3. The molecule has 2 aromatic carbocycles. The molecule has 0 atom stereocenters. The van der Waals surface area contributed by atoms with Crippen LogP contribution in [0.1, 0.15) is 5.56 Å². The van der Waals surface area contributed by atoms with Gasteiger partial charge >= 0.3 is 0 Å². The summed E-state index contributed by atoms with van der Waals surface area (Å²) in [6.07, 6.45) is 0. The van der Waals surface area contributed by atoms with Crippen LogP contribution in [0.4, 0.5) is 10.1 Å². The lowest BCUT2D eigenvalue weighted by Gasteiger charge is -2.09. The summed E-state index contributed by atoms with van der Waals surface area (Å²) < 4.78 is 39.4. The molecule has 0 fully saturated rings. The van der Waals surface area contributed by atoms with Gasteiger partial charge in [0.25, 0.3) is 10.0 Å². The smallest absolute Gasteiger partial charge is 0.261 e. The van der Waals surface area contributed by atoms with E-state index in [4.69, 9.17) is 11.6 Å². The Bertz CT molecular complexity index is 720. The number of anilines is 1. The van der Waals surface area contributed by atoms with Crippen LogP contribution < -0.4 is 4.72 Å². The molecule has 0 bridgehead atoms. The molecule has 0 aliphatic rings. The van der Waals surface area contributed by atoms with E-state index in [1.807, 2.05) is 0 Å². The van der Waals surface area contributed by atoms with Crippen molar-refractivity contribution in [3.8, 4) is 0 Å². The zero-order valence-electron chi connectivity index (χ0n) is 10.1. The Morgan fingerprint density at radius 1 is 1.15 bits per heavy atom. The van der Waals surface area contributed by atoms with Crippen molar-refractivity contribution in [3.05, 3.63) is 58.9 Å². The highest BCUT2D eigenvalue weighted by Gasteiger charge is 2.14. The molecule has 2 rings (SSSR count). The topological polar surface area (TPSA) is 46.2 Å². The number of alkyl halides is 1. The Kier molecular flexibility index (Phi) is 4.67. The Balaban J connectivity index is 2.28. The van der Waals surface area contributed by atoms with Crippen LogP contribution in [0.25, 0.3) is 0 Å². The van der Waals surface area contributed by atoms with Crippen molar-refractivity contribution >= 4 is 43.2 Å². The van der Waals surface area contributed by atoms with Crippen molar-refractivity contribution in [2.45, 2.75) is 10.2 Å². The summed E-state index contributed by atoms with van der Waals surface area (Å²) in [7, 11) is -3.75. The predicted molar refractivity (Wildman–Crippen MR) is 81.3 cm³/mol. The molecule has 0 saturated carbocycles. The SMILES string of the molecule is O=S(=O)(Nc1ccc(CBr)c(Cl)c1)c1ccc(F)cc1. The Labute approximate surface area is 130 Å². The van der Waals surface area contributed by atoms with E-state index in [1.54, 1.807) is 12.1 Å². The molecule has 106 valence electrons. The van der Waals surface area contributed by atoms with Gasteiger partial charge in [-0.25, -0.2) is 12.8 Å². The molecule has 0 amide bonds. The fourth-order valence-corrected chi connectivity index (χ4v) is 3.49. The second-order valence-electron chi connectivity index (χ2n) is 4.00. The first-order valence-electron chi connectivity index (χ1n) is 5.55. The third-order valence-electron chi connectivity index (χ3n) is 2.57. The average molecular weight is 379 g/mol.